The summed E-state index contributed by atoms with van der Waals surface area (Å²) in [5.74, 6) is -0.623. The number of nitrogens with one attached hydrogen (secondary N) is 2. The van der Waals surface area contributed by atoms with Gasteiger partial charge in [0.05, 0.1) is 11.3 Å². The number of hydrogen-bond acceptors (Lipinski definition) is 3. The van der Waals surface area contributed by atoms with E-state index < -0.39 is 17.8 Å². The van der Waals surface area contributed by atoms with Crippen LogP contribution in [0.15, 0.2) is 46.9 Å². The van der Waals surface area contributed by atoms with Crippen molar-refractivity contribution in [2.24, 2.45) is 0 Å². The second kappa shape index (κ2) is 9.73. The van der Waals surface area contributed by atoms with Gasteiger partial charge in [-0.3, -0.25) is 9.59 Å². The summed E-state index contributed by atoms with van der Waals surface area (Å²) in [5.41, 5.74) is 1.38. The van der Waals surface area contributed by atoms with Crippen molar-refractivity contribution in [3.8, 4) is 0 Å². The Morgan fingerprint density at radius 3 is 2.65 bits per heavy atom. The van der Waals surface area contributed by atoms with Crippen LogP contribution in [0.3, 0.4) is 0 Å². The Bertz CT molecular complexity index is 801. The van der Waals surface area contributed by atoms with Crippen LogP contribution >= 0.6 is 27.7 Å². The van der Waals surface area contributed by atoms with Crippen LogP contribution in [-0.2, 0) is 4.79 Å². The number of rotatable bonds is 7. The smallest absolute Gasteiger partial charge is 0.253 e. The first kappa shape index (κ1) is 20.5. The topological polar surface area (TPSA) is 58.2 Å². The van der Waals surface area contributed by atoms with Crippen molar-refractivity contribution >= 4 is 45.2 Å². The summed E-state index contributed by atoms with van der Waals surface area (Å²) in [5, 5.41) is 5.33. The largest absolute Gasteiger partial charge is 0.340 e. The number of amides is 2. The summed E-state index contributed by atoms with van der Waals surface area (Å²) in [7, 11) is 0. The summed E-state index contributed by atoms with van der Waals surface area (Å²) >= 11 is 4.90. The third kappa shape index (κ3) is 5.57. The van der Waals surface area contributed by atoms with Crippen molar-refractivity contribution in [2.45, 2.75) is 19.4 Å². The van der Waals surface area contributed by atoms with E-state index in [4.69, 9.17) is 0 Å². The van der Waals surface area contributed by atoms with Gasteiger partial charge in [0.1, 0.15) is 11.9 Å². The minimum Gasteiger partial charge on any atom is -0.340 e. The van der Waals surface area contributed by atoms with Crippen molar-refractivity contribution in [3.63, 3.8) is 0 Å². The zero-order valence-corrected chi connectivity index (χ0v) is 16.9. The maximum Gasteiger partial charge on any atom is 0.253 e. The molecule has 0 bridgehead atoms. The molecule has 1 atom stereocenters. The zero-order valence-electron chi connectivity index (χ0n) is 14.5. The highest BCUT2D eigenvalue weighted by molar-refractivity contribution is 9.10. The molecule has 26 heavy (non-hydrogen) atoms. The number of halogens is 2. The van der Waals surface area contributed by atoms with Gasteiger partial charge < -0.3 is 10.6 Å². The molecule has 2 N–H and O–H groups in total. The molecule has 2 aromatic carbocycles. The highest BCUT2D eigenvalue weighted by Crippen LogP contribution is 2.18. The van der Waals surface area contributed by atoms with E-state index in [0.29, 0.717) is 22.2 Å². The van der Waals surface area contributed by atoms with Crippen LogP contribution in [0.5, 0.6) is 0 Å². The molecule has 4 nitrogen and oxygen atoms in total. The molecular weight excluding hydrogens is 419 g/mol. The maximum atomic E-state index is 13.9. The fourth-order valence-corrected chi connectivity index (χ4v) is 3.28. The summed E-state index contributed by atoms with van der Waals surface area (Å²) in [6, 6.07) is 10.7. The number of benzene rings is 2. The number of hydrogen-bond donors (Lipinski definition) is 2. The van der Waals surface area contributed by atoms with Gasteiger partial charge in [0.2, 0.25) is 5.91 Å². The molecule has 2 amide bonds. The minimum absolute atomic E-state index is 0.110. The van der Waals surface area contributed by atoms with E-state index >= 15 is 0 Å². The summed E-state index contributed by atoms with van der Waals surface area (Å²) in [6.07, 6.45) is 2.36. The highest BCUT2D eigenvalue weighted by atomic mass is 79.9. The Balaban J connectivity index is 2.15. The first-order chi connectivity index (χ1) is 12.4. The van der Waals surface area contributed by atoms with Crippen LogP contribution < -0.4 is 10.6 Å². The van der Waals surface area contributed by atoms with Crippen molar-refractivity contribution < 1.29 is 14.0 Å². The van der Waals surface area contributed by atoms with Crippen LogP contribution in [0.2, 0.25) is 0 Å². The molecule has 1 unspecified atom stereocenters. The molecule has 0 saturated heterocycles. The summed E-state index contributed by atoms with van der Waals surface area (Å²) in [4.78, 5) is 25.1. The molecule has 0 spiro atoms. The van der Waals surface area contributed by atoms with Gasteiger partial charge in [0.15, 0.2) is 0 Å². The number of thioether (sulfide) groups is 1. The normalized spacial score (nSPS) is 11.7. The van der Waals surface area contributed by atoms with Crippen molar-refractivity contribution in [3.05, 3.63) is 63.9 Å². The predicted molar refractivity (Wildman–Crippen MR) is 108 cm³/mol. The van der Waals surface area contributed by atoms with E-state index in [1.165, 1.54) is 6.07 Å². The first-order valence-electron chi connectivity index (χ1n) is 8.03. The van der Waals surface area contributed by atoms with Gasteiger partial charge in [-0.1, -0.05) is 18.2 Å². The molecular formula is C19H20BrFN2O2S. The Morgan fingerprint density at radius 2 is 1.96 bits per heavy atom. The molecule has 0 fully saturated rings. The van der Waals surface area contributed by atoms with E-state index in [1.54, 1.807) is 48.2 Å². The molecule has 2 aromatic rings. The molecule has 2 rings (SSSR count). The Labute approximate surface area is 165 Å². The fraction of sp³-hybridized carbons (Fsp3) is 0.263. The van der Waals surface area contributed by atoms with Gasteiger partial charge in [-0.15, -0.1) is 0 Å². The molecule has 138 valence electrons. The number of aryl methyl sites for hydroxylation is 1. The molecule has 0 aliphatic heterocycles. The molecule has 0 aromatic heterocycles. The molecule has 0 saturated carbocycles. The lowest BCUT2D eigenvalue weighted by Gasteiger charge is -2.19. The minimum atomic E-state index is -0.762. The van der Waals surface area contributed by atoms with Gasteiger partial charge >= 0.3 is 0 Å². The molecule has 7 heteroatoms. The Morgan fingerprint density at radius 1 is 1.23 bits per heavy atom. The Kier molecular flexibility index (Phi) is 7.66. The monoisotopic (exact) mass is 438 g/mol. The lowest BCUT2D eigenvalue weighted by atomic mass is 10.1. The van der Waals surface area contributed by atoms with Crippen LogP contribution in [0, 0.1) is 12.7 Å². The molecule has 0 heterocycles. The first-order valence-corrected chi connectivity index (χ1v) is 10.2. The SMILES string of the molecule is CSCCC(NC(=O)c1ccccc1Br)C(=O)Nc1cc(C)ccc1F. The highest BCUT2D eigenvalue weighted by Gasteiger charge is 2.23. The number of carbonyl (C=O) groups excluding carboxylic acids is 2. The summed E-state index contributed by atoms with van der Waals surface area (Å²) < 4.78 is 14.6. The van der Waals surface area contributed by atoms with E-state index in [1.807, 2.05) is 13.2 Å². The van der Waals surface area contributed by atoms with Crippen molar-refractivity contribution in [2.75, 3.05) is 17.3 Å². The van der Waals surface area contributed by atoms with Crippen LogP contribution in [-0.4, -0.2) is 29.9 Å². The van der Waals surface area contributed by atoms with Crippen molar-refractivity contribution in [1.29, 1.82) is 0 Å². The van der Waals surface area contributed by atoms with Crippen LogP contribution in [0.25, 0.3) is 0 Å². The van der Waals surface area contributed by atoms with Crippen LogP contribution in [0.1, 0.15) is 22.3 Å². The molecule has 0 aliphatic carbocycles. The lowest BCUT2D eigenvalue weighted by Crippen LogP contribution is -2.44. The second-order valence-electron chi connectivity index (χ2n) is 5.76. The quantitative estimate of drug-likeness (QED) is 0.673. The van der Waals surface area contributed by atoms with E-state index in [9.17, 15) is 14.0 Å². The average molecular weight is 439 g/mol. The molecule has 0 aliphatic rings. The van der Waals surface area contributed by atoms with Crippen LogP contribution in [0.4, 0.5) is 10.1 Å². The third-order valence-corrected chi connectivity index (χ3v) is 5.07. The van der Waals surface area contributed by atoms with E-state index in [2.05, 4.69) is 26.6 Å². The second-order valence-corrected chi connectivity index (χ2v) is 7.60. The van der Waals surface area contributed by atoms with E-state index in [0.717, 1.165) is 5.56 Å². The average Bonchev–Trinajstić information content (AvgIpc) is 2.61. The Hall–Kier alpha value is -1.86. The van der Waals surface area contributed by atoms with Gasteiger partial charge in [-0.05, 0) is 71.1 Å². The predicted octanol–water partition coefficient (Wildman–Crippen LogP) is 4.39. The fourth-order valence-electron chi connectivity index (χ4n) is 2.34. The number of anilines is 1. The van der Waals surface area contributed by atoms with Gasteiger partial charge in [-0.2, -0.15) is 11.8 Å². The third-order valence-electron chi connectivity index (χ3n) is 3.73. The standard InChI is InChI=1S/C19H20BrFN2O2S/c1-12-7-8-15(21)17(11-12)23-19(25)16(9-10-26-2)22-18(24)13-5-3-4-6-14(13)20/h3-8,11,16H,9-10H2,1-2H3,(H,22,24)(H,23,25). The zero-order chi connectivity index (χ0) is 19.1. The van der Waals surface area contributed by atoms with E-state index in [-0.39, 0.29) is 11.6 Å². The van der Waals surface area contributed by atoms with Crippen molar-refractivity contribution in [1.82, 2.24) is 5.32 Å². The maximum absolute atomic E-state index is 13.9. The lowest BCUT2D eigenvalue weighted by molar-refractivity contribution is -0.118. The van der Waals surface area contributed by atoms with Gasteiger partial charge in [-0.25, -0.2) is 4.39 Å². The van der Waals surface area contributed by atoms with Gasteiger partial charge in [0, 0.05) is 4.47 Å². The molecule has 0 radical (unpaired) electrons. The number of carbonyl (C=O) groups is 2. The van der Waals surface area contributed by atoms with Gasteiger partial charge in [0.25, 0.3) is 5.91 Å². The summed E-state index contributed by atoms with van der Waals surface area (Å²) in [6.45, 7) is 1.81.